The van der Waals surface area contributed by atoms with Crippen LogP contribution >= 0.6 is 0 Å². The van der Waals surface area contributed by atoms with E-state index in [-0.39, 0.29) is 5.41 Å². The smallest absolute Gasteiger partial charge is 0.238 e. The van der Waals surface area contributed by atoms with Gasteiger partial charge in [-0.25, -0.2) is 4.98 Å². The summed E-state index contributed by atoms with van der Waals surface area (Å²) in [5, 5.41) is 13.3. The molecular weight excluding hydrogens is 1010 g/mol. The van der Waals surface area contributed by atoms with Crippen LogP contribution in [0.1, 0.15) is 25.0 Å². The van der Waals surface area contributed by atoms with Crippen molar-refractivity contribution in [3.63, 3.8) is 0 Å². The average Bonchev–Trinajstić information content (AvgIpc) is 2.54. The molecule has 16 rings (SSSR count). The molecule has 390 valence electrons. The van der Waals surface area contributed by atoms with Gasteiger partial charge in [0.05, 0.1) is 11.0 Å². The van der Waals surface area contributed by atoms with Gasteiger partial charge in [-0.1, -0.05) is 250 Å². The van der Waals surface area contributed by atoms with Crippen molar-refractivity contribution >= 4 is 65.5 Å². The van der Waals surface area contributed by atoms with E-state index in [1.807, 2.05) is 42.5 Å². The molecule has 0 spiro atoms. The van der Waals surface area contributed by atoms with Crippen molar-refractivity contribution in [3.05, 3.63) is 290 Å². The van der Waals surface area contributed by atoms with E-state index in [1.165, 1.54) is 76.8 Å². The maximum Gasteiger partial charge on any atom is 0.238 e. The zero-order chi connectivity index (χ0) is 55.2. The molecule has 0 aliphatic heterocycles. The lowest BCUT2D eigenvalue weighted by molar-refractivity contribution is 0.661. The van der Waals surface area contributed by atoms with Crippen molar-refractivity contribution in [2.24, 2.45) is 0 Å². The zero-order valence-corrected chi connectivity index (χ0v) is 45.8. The van der Waals surface area contributed by atoms with Crippen molar-refractivity contribution in [1.29, 1.82) is 0 Å². The van der Waals surface area contributed by atoms with Crippen LogP contribution in [0.25, 0.3) is 138 Å². The van der Waals surface area contributed by atoms with Crippen LogP contribution in [0.5, 0.6) is 0 Å². The lowest BCUT2D eigenvalue weighted by Crippen LogP contribution is -2.15. The van der Waals surface area contributed by atoms with Crippen molar-refractivity contribution in [3.8, 4) is 84.4 Å². The van der Waals surface area contributed by atoms with Gasteiger partial charge in [0, 0.05) is 44.3 Å². The molecule has 2 heterocycles. The van der Waals surface area contributed by atoms with E-state index in [9.17, 15) is 0 Å². The average molecular weight is 1060 g/mol. The highest BCUT2D eigenvalue weighted by Gasteiger charge is 2.37. The third-order valence-corrected chi connectivity index (χ3v) is 17.2. The summed E-state index contributed by atoms with van der Waals surface area (Å²) < 4.78 is 2.26. The Kier molecular flexibility index (Phi) is 11.2. The molecule has 0 saturated carbocycles. The molecular formula is C78H53N5. The van der Waals surface area contributed by atoms with Gasteiger partial charge in [0.2, 0.25) is 5.95 Å². The quantitative estimate of drug-likeness (QED) is 0.146. The maximum absolute atomic E-state index is 5.40. The summed E-state index contributed by atoms with van der Waals surface area (Å²) in [5.74, 6) is 1.74. The van der Waals surface area contributed by atoms with Gasteiger partial charge >= 0.3 is 0 Å². The van der Waals surface area contributed by atoms with E-state index >= 15 is 0 Å². The Morgan fingerprint density at radius 1 is 0.301 bits per heavy atom. The SMILES string of the molecule is CC1(C)c2ccccc2-c2c1cc(-c1c3ccccc3c(-c3ccccc3)c3ccc(-c4ccc5c6ccc(-c7ccccc7Nc7ccccc7)cc6n(-c6nc(-c7ccccc7)nc(-c7ccccc7)n6)c5c4)cc13)c1ccccc21. The molecule has 0 radical (unpaired) electrons. The molecule has 2 aromatic heterocycles. The number of anilines is 2. The summed E-state index contributed by atoms with van der Waals surface area (Å²) in [5.41, 5.74) is 20.3. The molecule has 1 aliphatic rings. The number of aromatic nitrogens is 4. The van der Waals surface area contributed by atoms with E-state index in [0.717, 1.165) is 66.6 Å². The first-order valence-electron chi connectivity index (χ1n) is 28.5. The van der Waals surface area contributed by atoms with Crippen LogP contribution < -0.4 is 5.32 Å². The summed E-state index contributed by atoms with van der Waals surface area (Å²) in [6.07, 6.45) is 0. The summed E-state index contributed by atoms with van der Waals surface area (Å²) in [6, 6.07) is 101. The highest BCUT2D eigenvalue weighted by atomic mass is 15.2. The number of nitrogens with one attached hydrogen (secondary N) is 1. The zero-order valence-electron chi connectivity index (χ0n) is 45.8. The first-order chi connectivity index (χ1) is 40.9. The second kappa shape index (κ2) is 19.2. The molecule has 0 saturated heterocycles. The van der Waals surface area contributed by atoms with Crippen LogP contribution in [0.4, 0.5) is 11.4 Å². The van der Waals surface area contributed by atoms with Crippen LogP contribution in [0.3, 0.4) is 0 Å². The Morgan fingerprint density at radius 3 is 1.42 bits per heavy atom. The number of hydrogen-bond donors (Lipinski definition) is 1. The Balaban J connectivity index is 0.967. The fourth-order valence-corrected chi connectivity index (χ4v) is 13.3. The fraction of sp³-hybridized carbons (Fsp3) is 0.0385. The Morgan fingerprint density at radius 2 is 0.771 bits per heavy atom. The van der Waals surface area contributed by atoms with Gasteiger partial charge in [0.1, 0.15) is 0 Å². The molecule has 0 bridgehead atoms. The minimum Gasteiger partial charge on any atom is -0.355 e. The van der Waals surface area contributed by atoms with Gasteiger partial charge in [-0.15, -0.1) is 0 Å². The first-order valence-corrected chi connectivity index (χ1v) is 28.5. The highest BCUT2D eigenvalue weighted by Crippen LogP contribution is 2.55. The topological polar surface area (TPSA) is 55.6 Å². The number of rotatable bonds is 9. The molecule has 5 heteroatoms. The standard InChI is InChI=1S/C78H53N5/c1-78(2)67-37-21-19-36-64(67)74-60-33-16-15-32-57(60)66(48-68(74)78)73-62-35-18-17-34-61(62)72(49-23-7-3-8-24-49)63-44-40-52(45-65(63)73)53-39-42-58-59-43-41-54(56-31-20-22-38-69(56)79-55-29-13-6-14-30-55)47-71(59)83(70(58)46-53)77-81-75(50-25-9-4-10-26-50)80-76(82-77)51-27-11-5-12-28-51/h3-48,79H,1-2H3. The van der Waals surface area contributed by atoms with Crippen LogP contribution in [0.2, 0.25) is 0 Å². The lowest BCUT2D eigenvalue weighted by Gasteiger charge is -2.24. The molecule has 0 atom stereocenters. The summed E-state index contributed by atoms with van der Waals surface area (Å²) in [7, 11) is 0. The largest absolute Gasteiger partial charge is 0.355 e. The molecule has 1 N–H and O–H groups in total. The van der Waals surface area contributed by atoms with Crippen LogP contribution in [0.15, 0.2) is 279 Å². The third-order valence-electron chi connectivity index (χ3n) is 17.2. The van der Waals surface area contributed by atoms with Gasteiger partial charge in [-0.2, -0.15) is 9.97 Å². The van der Waals surface area contributed by atoms with E-state index in [0.29, 0.717) is 17.6 Å². The Hall–Kier alpha value is -10.8. The Bertz CT molecular complexity index is 5010. The number of nitrogens with zero attached hydrogens (tertiary/aromatic N) is 4. The predicted molar refractivity (Wildman–Crippen MR) is 347 cm³/mol. The molecule has 5 nitrogen and oxygen atoms in total. The third kappa shape index (κ3) is 7.88. The first kappa shape index (κ1) is 48.2. The van der Waals surface area contributed by atoms with Crippen molar-refractivity contribution in [2.45, 2.75) is 19.3 Å². The molecule has 0 unspecified atom stereocenters. The fourth-order valence-electron chi connectivity index (χ4n) is 13.3. The summed E-state index contributed by atoms with van der Waals surface area (Å²) in [4.78, 5) is 16.0. The van der Waals surface area contributed by atoms with E-state index in [1.54, 1.807) is 0 Å². The van der Waals surface area contributed by atoms with E-state index in [4.69, 9.17) is 15.0 Å². The summed E-state index contributed by atoms with van der Waals surface area (Å²) in [6.45, 7) is 4.78. The van der Waals surface area contributed by atoms with Gasteiger partial charge < -0.3 is 5.32 Å². The van der Waals surface area contributed by atoms with Crippen molar-refractivity contribution in [1.82, 2.24) is 19.5 Å². The van der Waals surface area contributed by atoms with Crippen molar-refractivity contribution < 1.29 is 0 Å². The predicted octanol–water partition coefficient (Wildman–Crippen LogP) is 20.5. The minimum atomic E-state index is -0.204. The number of hydrogen-bond acceptors (Lipinski definition) is 4. The highest BCUT2D eigenvalue weighted by molar-refractivity contribution is 6.25. The molecule has 0 fully saturated rings. The second-order valence-electron chi connectivity index (χ2n) is 22.3. The molecule has 13 aromatic carbocycles. The van der Waals surface area contributed by atoms with Gasteiger partial charge in [0.25, 0.3) is 0 Å². The van der Waals surface area contributed by atoms with E-state index in [2.05, 4.69) is 260 Å². The Labute approximate surface area is 481 Å². The number of para-hydroxylation sites is 2. The molecule has 0 amide bonds. The van der Waals surface area contributed by atoms with Gasteiger partial charge in [-0.05, 0) is 136 Å². The molecule has 1 aliphatic carbocycles. The van der Waals surface area contributed by atoms with Crippen molar-refractivity contribution in [2.75, 3.05) is 5.32 Å². The summed E-state index contributed by atoms with van der Waals surface area (Å²) >= 11 is 0. The number of benzene rings is 13. The van der Waals surface area contributed by atoms with Gasteiger partial charge in [0.15, 0.2) is 11.6 Å². The minimum absolute atomic E-state index is 0.204. The molecule has 15 aromatic rings. The number of fused-ring (bicyclic) bond motifs is 10. The maximum atomic E-state index is 5.40. The van der Waals surface area contributed by atoms with Crippen LogP contribution in [-0.4, -0.2) is 19.5 Å². The normalized spacial score (nSPS) is 12.6. The van der Waals surface area contributed by atoms with E-state index < -0.39 is 0 Å². The monoisotopic (exact) mass is 1060 g/mol. The van der Waals surface area contributed by atoms with Crippen LogP contribution in [0, 0.1) is 0 Å². The molecule has 83 heavy (non-hydrogen) atoms. The van der Waals surface area contributed by atoms with Gasteiger partial charge in [-0.3, -0.25) is 4.57 Å². The van der Waals surface area contributed by atoms with Crippen LogP contribution in [-0.2, 0) is 5.41 Å². The lowest BCUT2D eigenvalue weighted by atomic mass is 9.78. The second-order valence-corrected chi connectivity index (χ2v) is 22.3.